The zero-order valence-electron chi connectivity index (χ0n) is 12.4. The van der Waals surface area contributed by atoms with Crippen molar-refractivity contribution in [2.45, 2.75) is 32.1 Å². The molecule has 0 heterocycles. The van der Waals surface area contributed by atoms with Crippen molar-refractivity contribution in [1.29, 1.82) is 0 Å². The van der Waals surface area contributed by atoms with Gasteiger partial charge in [-0.15, -0.1) is 0 Å². The molecule has 1 N–H and O–H groups in total. The molecule has 0 aromatic heterocycles. The highest BCUT2D eigenvalue weighted by atomic mass is 79.9. The Bertz CT molecular complexity index is 550. The molecule has 0 amide bonds. The monoisotopic (exact) mass is 363 g/mol. The van der Waals surface area contributed by atoms with E-state index >= 15 is 0 Å². The van der Waals surface area contributed by atoms with E-state index in [4.69, 9.17) is 4.74 Å². The normalized spacial score (nSPS) is 12.4. The third-order valence-corrected chi connectivity index (χ3v) is 6.00. The van der Waals surface area contributed by atoms with E-state index in [1.807, 2.05) is 25.2 Å². The molecule has 0 saturated heterocycles. The van der Waals surface area contributed by atoms with E-state index in [-0.39, 0.29) is 12.4 Å². The first-order valence-corrected chi connectivity index (χ1v) is 8.90. The lowest BCUT2D eigenvalue weighted by atomic mass is 10.2. The molecule has 0 bridgehead atoms. The standard InChI is InChI=1S/C14H22BrNO3S/c1-14(2,3)20(17,18)8-7-19-13-6-5-12(15)9-11(13)10-16-4/h5-6,9,16H,7-8,10H2,1-4H3. The predicted molar refractivity (Wildman–Crippen MR) is 85.9 cm³/mol. The Hall–Kier alpha value is -0.590. The van der Waals surface area contributed by atoms with Gasteiger partial charge >= 0.3 is 0 Å². The van der Waals surface area contributed by atoms with E-state index < -0.39 is 14.6 Å². The van der Waals surface area contributed by atoms with E-state index in [9.17, 15) is 8.42 Å². The molecule has 0 saturated carbocycles. The average molecular weight is 364 g/mol. The summed E-state index contributed by atoms with van der Waals surface area (Å²) in [6, 6.07) is 5.69. The maximum Gasteiger partial charge on any atom is 0.158 e. The summed E-state index contributed by atoms with van der Waals surface area (Å²) >= 11 is 3.41. The molecule has 0 aliphatic carbocycles. The Morgan fingerprint density at radius 1 is 1.30 bits per heavy atom. The summed E-state index contributed by atoms with van der Waals surface area (Å²) in [5.74, 6) is 0.734. The molecule has 114 valence electrons. The molecule has 6 heteroatoms. The van der Waals surface area contributed by atoms with Crippen molar-refractivity contribution in [2.75, 3.05) is 19.4 Å². The maximum atomic E-state index is 12.0. The minimum absolute atomic E-state index is 0.0194. The number of halogens is 1. The fraction of sp³-hybridized carbons (Fsp3) is 0.571. The van der Waals surface area contributed by atoms with E-state index in [1.54, 1.807) is 20.8 Å². The van der Waals surface area contributed by atoms with Crippen molar-refractivity contribution in [2.24, 2.45) is 0 Å². The number of hydrogen-bond acceptors (Lipinski definition) is 4. The first kappa shape index (κ1) is 17.5. The highest BCUT2D eigenvalue weighted by Gasteiger charge is 2.28. The molecule has 1 aromatic rings. The highest BCUT2D eigenvalue weighted by Crippen LogP contribution is 2.23. The van der Waals surface area contributed by atoms with Gasteiger partial charge in [-0.3, -0.25) is 0 Å². The van der Waals surface area contributed by atoms with Gasteiger partial charge in [0.2, 0.25) is 0 Å². The van der Waals surface area contributed by atoms with Gasteiger partial charge in [-0.2, -0.15) is 0 Å². The Labute approximate surface area is 130 Å². The van der Waals surface area contributed by atoms with Gasteiger partial charge in [0.15, 0.2) is 9.84 Å². The molecule has 0 atom stereocenters. The molecule has 0 spiro atoms. The van der Waals surface area contributed by atoms with Gasteiger partial charge in [0.25, 0.3) is 0 Å². The van der Waals surface area contributed by atoms with Crippen LogP contribution in [-0.4, -0.2) is 32.6 Å². The third kappa shape index (κ3) is 4.75. The highest BCUT2D eigenvalue weighted by molar-refractivity contribution is 9.10. The smallest absolute Gasteiger partial charge is 0.158 e. The minimum atomic E-state index is -3.15. The summed E-state index contributed by atoms with van der Waals surface area (Å²) < 4.78 is 29.9. The molecule has 1 rings (SSSR count). The summed E-state index contributed by atoms with van der Waals surface area (Å²) in [6.45, 7) is 5.94. The first-order valence-electron chi connectivity index (χ1n) is 6.45. The summed E-state index contributed by atoms with van der Waals surface area (Å²) in [7, 11) is -1.30. The quantitative estimate of drug-likeness (QED) is 0.844. The lowest BCUT2D eigenvalue weighted by Crippen LogP contribution is -2.32. The van der Waals surface area contributed by atoms with Crippen molar-refractivity contribution >= 4 is 25.8 Å². The SMILES string of the molecule is CNCc1cc(Br)ccc1OCCS(=O)(=O)C(C)(C)C. The van der Waals surface area contributed by atoms with E-state index in [2.05, 4.69) is 21.2 Å². The Kier molecular flexibility index (Phi) is 6.04. The Morgan fingerprint density at radius 3 is 2.50 bits per heavy atom. The van der Waals surface area contributed by atoms with Crippen LogP contribution in [0.15, 0.2) is 22.7 Å². The van der Waals surface area contributed by atoms with Gasteiger partial charge in [0.1, 0.15) is 12.4 Å². The van der Waals surface area contributed by atoms with E-state index in [0.717, 1.165) is 10.0 Å². The second-order valence-electron chi connectivity index (χ2n) is 5.56. The number of nitrogens with one attached hydrogen (secondary N) is 1. The van der Waals surface area contributed by atoms with Gasteiger partial charge in [-0.25, -0.2) is 8.42 Å². The lowest BCUT2D eigenvalue weighted by molar-refractivity contribution is 0.335. The van der Waals surface area contributed by atoms with E-state index in [1.165, 1.54) is 0 Å². The fourth-order valence-corrected chi connectivity index (χ4v) is 2.91. The van der Waals surface area contributed by atoms with Crippen LogP contribution in [0.3, 0.4) is 0 Å². The summed E-state index contributed by atoms with van der Waals surface area (Å²) in [5.41, 5.74) is 0.995. The molecule has 4 nitrogen and oxygen atoms in total. The van der Waals surface area contributed by atoms with Crippen molar-refractivity contribution in [1.82, 2.24) is 5.32 Å². The molecular formula is C14H22BrNO3S. The summed E-state index contributed by atoms with van der Waals surface area (Å²) in [6.07, 6.45) is 0. The molecular weight excluding hydrogens is 342 g/mol. The predicted octanol–water partition coefficient (Wildman–Crippen LogP) is 2.76. The lowest BCUT2D eigenvalue weighted by Gasteiger charge is -2.19. The van der Waals surface area contributed by atoms with Crippen molar-refractivity contribution in [3.8, 4) is 5.75 Å². The van der Waals surface area contributed by atoms with Crippen LogP contribution in [0, 0.1) is 0 Å². The Morgan fingerprint density at radius 2 is 1.95 bits per heavy atom. The van der Waals surface area contributed by atoms with Crippen LogP contribution in [0.5, 0.6) is 5.75 Å². The number of hydrogen-bond donors (Lipinski definition) is 1. The first-order chi connectivity index (χ1) is 9.17. The second kappa shape index (κ2) is 6.91. The van der Waals surface area contributed by atoms with E-state index in [0.29, 0.717) is 12.3 Å². The van der Waals surface area contributed by atoms with Crippen LogP contribution in [0.25, 0.3) is 0 Å². The molecule has 0 aliphatic rings. The molecule has 0 fully saturated rings. The van der Waals surface area contributed by atoms with Crippen LogP contribution in [-0.2, 0) is 16.4 Å². The summed E-state index contributed by atoms with van der Waals surface area (Å²) in [5, 5.41) is 3.06. The molecule has 0 radical (unpaired) electrons. The fourth-order valence-electron chi connectivity index (χ4n) is 1.58. The van der Waals surface area contributed by atoms with Crippen LogP contribution in [0.1, 0.15) is 26.3 Å². The van der Waals surface area contributed by atoms with Gasteiger partial charge in [0, 0.05) is 16.6 Å². The van der Waals surface area contributed by atoms with Crippen LogP contribution < -0.4 is 10.1 Å². The third-order valence-electron chi connectivity index (χ3n) is 2.93. The van der Waals surface area contributed by atoms with Crippen molar-refractivity contribution in [3.63, 3.8) is 0 Å². The molecule has 0 unspecified atom stereocenters. The number of sulfone groups is 1. The zero-order chi connectivity index (χ0) is 15.4. The van der Waals surface area contributed by atoms with Crippen LogP contribution in [0.2, 0.25) is 0 Å². The van der Waals surface area contributed by atoms with Crippen molar-refractivity contribution in [3.05, 3.63) is 28.2 Å². The largest absolute Gasteiger partial charge is 0.492 e. The van der Waals surface area contributed by atoms with Crippen LogP contribution in [0.4, 0.5) is 0 Å². The number of rotatable bonds is 6. The van der Waals surface area contributed by atoms with Crippen LogP contribution >= 0.6 is 15.9 Å². The zero-order valence-corrected chi connectivity index (χ0v) is 14.8. The minimum Gasteiger partial charge on any atom is -0.492 e. The van der Waals surface area contributed by atoms with Gasteiger partial charge in [0.05, 0.1) is 10.5 Å². The van der Waals surface area contributed by atoms with Gasteiger partial charge < -0.3 is 10.1 Å². The summed E-state index contributed by atoms with van der Waals surface area (Å²) in [4.78, 5) is 0. The van der Waals surface area contributed by atoms with Crippen molar-refractivity contribution < 1.29 is 13.2 Å². The average Bonchev–Trinajstić information content (AvgIpc) is 2.30. The second-order valence-corrected chi connectivity index (χ2v) is 9.34. The number of ether oxygens (including phenoxy) is 1. The molecule has 1 aromatic carbocycles. The topological polar surface area (TPSA) is 55.4 Å². The number of benzene rings is 1. The Balaban J connectivity index is 2.72. The molecule has 20 heavy (non-hydrogen) atoms. The van der Waals surface area contributed by atoms with Gasteiger partial charge in [-0.1, -0.05) is 15.9 Å². The van der Waals surface area contributed by atoms with Gasteiger partial charge in [-0.05, 0) is 46.0 Å². The molecule has 0 aliphatic heterocycles. The maximum absolute atomic E-state index is 12.0.